The highest BCUT2D eigenvalue weighted by Crippen LogP contribution is 2.46. The van der Waals surface area contributed by atoms with Crippen molar-refractivity contribution in [2.24, 2.45) is 0 Å². The number of rotatable bonds is 6. The SMILES string of the molecule is c1ccc(-n2c3ccccc3c3cccc(-c4ccc(N(c5ccc(-n6c7ccccc7c7ccccc76)cc5)c5cccc6sc7ccccc7c56)cc4)c32)cc1. The van der Waals surface area contributed by atoms with E-state index in [9.17, 15) is 0 Å². The lowest BCUT2D eigenvalue weighted by Gasteiger charge is -2.27. The summed E-state index contributed by atoms with van der Waals surface area (Å²) in [4.78, 5) is 2.43. The van der Waals surface area contributed by atoms with Crippen LogP contribution in [0.25, 0.3) is 86.3 Å². The largest absolute Gasteiger partial charge is 0.310 e. The molecule has 0 radical (unpaired) electrons. The van der Waals surface area contributed by atoms with Crippen molar-refractivity contribution in [3.05, 3.63) is 212 Å². The van der Waals surface area contributed by atoms with E-state index in [0.717, 1.165) is 22.7 Å². The monoisotopic (exact) mass is 757 g/mol. The van der Waals surface area contributed by atoms with Crippen molar-refractivity contribution in [1.82, 2.24) is 9.13 Å². The molecule has 0 fully saturated rings. The second-order valence-corrected chi connectivity index (χ2v) is 16.0. The highest BCUT2D eigenvalue weighted by Gasteiger charge is 2.21. The molecule has 3 heterocycles. The number of hydrogen-bond donors (Lipinski definition) is 0. The van der Waals surface area contributed by atoms with Crippen molar-refractivity contribution in [1.29, 1.82) is 0 Å². The fourth-order valence-corrected chi connectivity index (χ4v) is 10.3. The van der Waals surface area contributed by atoms with Crippen LogP contribution in [0, 0.1) is 0 Å². The summed E-state index contributed by atoms with van der Waals surface area (Å²) >= 11 is 1.86. The number of benzene rings is 9. The van der Waals surface area contributed by atoms with E-state index in [0.29, 0.717) is 0 Å². The van der Waals surface area contributed by atoms with Gasteiger partial charge < -0.3 is 14.0 Å². The van der Waals surface area contributed by atoms with Crippen molar-refractivity contribution < 1.29 is 0 Å². The number of para-hydroxylation sites is 5. The maximum atomic E-state index is 2.43. The Hall–Kier alpha value is -7.40. The first-order chi connectivity index (χ1) is 28.8. The second-order valence-electron chi connectivity index (χ2n) is 14.9. The predicted octanol–water partition coefficient (Wildman–Crippen LogP) is 15.4. The Kier molecular flexibility index (Phi) is 7.40. The molecule has 0 saturated heterocycles. The van der Waals surface area contributed by atoms with Gasteiger partial charge in [-0.2, -0.15) is 0 Å². The van der Waals surface area contributed by atoms with Crippen LogP contribution >= 0.6 is 11.3 Å². The number of hydrogen-bond acceptors (Lipinski definition) is 2. The molecule has 58 heavy (non-hydrogen) atoms. The third-order valence-corrected chi connectivity index (χ3v) is 12.8. The van der Waals surface area contributed by atoms with Gasteiger partial charge >= 0.3 is 0 Å². The van der Waals surface area contributed by atoms with Crippen LogP contribution in [0.2, 0.25) is 0 Å². The minimum atomic E-state index is 1.10. The minimum absolute atomic E-state index is 1.10. The molecule has 3 aromatic heterocycles. The molecule has 0 amide bonds. The van der Waals surface area contributed by atoms with E-state index in [1.54, 1.807) is 0 Å². The van der Waals surface area contributed by atoms with Crippen LogP contribution in [0.15, 0.2) is 212 Å². The van der Waals surface area contributed by atoms with E-state index in [-0.39, 0.29) is 0 Å². The molecule has 0 aliphatic carbocycles. The van der Waals surface area contributed by atoms with Gasteiger partial charge in [0, 0.05) is 70.0 Å². The molecule has 0 unspecified atom stereocenters. The zero-order valence-corrected chi connectivity index (χ0v) is 32.3. The first-order valence-electron chi connectivity index (χ1n) is 19.8. The van der Waals surface area contributed by atoms with Crippen LogP contribution in [0.4, 0.5) is 17.1 Å². The van der Waals surface area contributed by atoms with E-state index in [1.165, 1.54) is 80.6 Å². The van der Waals surface area contributed by atoms with Gasteiger partial charge in [0.25, 0.3) is 0 Å². The Bertz CT molecular complexity index is 3440. The molecule has 0 atom stereocenters. The number of anilines is 3. The van der Waals surface area contributed by atoms with E-state index in [4.69, 9.17) is 0 Å². The molecule has 0 saturated carbocycles. The van der Waals surface area contributed by atoms with Crippen molar-refractivity contribution in [2.75, 3.05) is 4.90 Å². The average Bonchev–Trinajstić information content (AvgIpc) is 3.96. The van der Waals surface area contributed by atoms with Crippen molar-refractivity contribution >= 4 is 92.2 Å². The Morgan fingerprint density at radius 1 is 0.345 bits per heavy atom. The van der Waals surface area contributed by atoms with E-state index in [1.807, 2.05) is 11.3 Å². The van der Waals surface area contributed by atoms with Crippen LogP contribution in [0.3, 0.4) is 0 Å². The fraction of sp³-hybridized carbons (Fsp3) is 0. The zero-order valence-electron chi connectivity index (χ0n) is 31.5. The quantitative estimate of drug-likeness (QED) is 0.165. The van der Waals surface area contributed by atoms with Gasteiger partial charge in [-0.1, -0.05) is 127 Å². The molecule has 12 aromatic rings. The summed E-state index contributed by atoms with van der Waals surface area (Å²) in [5, 5.41) is 7.59. The van der Waals surface area contributed by atoms with Crippen molar-refractivity contribution in [3.63, 3.8) is 0 Å². The average molecular weight is 758 g/mol. The van der Waals surface area contributed by atoms with Crippen LogP contribution in [-0.4, -0.2) is 9.13 Å². The van der Waals surface area contributed by atoms with Crippen LogP contribution < -0.4 is 4.90 Å². The summed E-state index contributed by atoms with van der Waals surface area (Å²) in [6, 6.07) is 77.4. The van der Waals surface area contributed by atoms with Crippen LogP contribution in [0.1, 0.15) is 0 Å². The Morgan fingerprint density at radius 2 is 0.845 bits per heavy atom. The molecule has 4 heteroatoms. The van der Waals surface area contributed by atoms with Gasteiger partial charge in [-0.05, 0) is 90.5 Å². The summed E-state index contributed by atoms with van der Waals surface area (Å²) in [5.41, 5.74) is 12.9. The molecule has 272 valence electrons. The summed E-state index contributed by atoms with van der Waals surface area (Å²) in [7, 11) is 0. The summed E-state index contributed by atoms with van der Waals surface area (Å²) < 4.78 is 7.38. The van der Waals surface area contributed by atoms with Crippen molar-refractivity contribution in [2.45, 2.75) is 0 Å². The number of nitrogens with zero attached hydrogens (tertiary/aromatic N) is 3. The van der Waals surface area contributed by atoms with E-state index >= 15 is 0 Å². The predicted molar refractivity (Wildman–Crippen MR) is 248 cm³/mol. The zero-order chi connectivity index (χ0) is 38.2. The van der Waals surface area contributed by atoms with E-state index < -0.39 is 0 Å². The molecule has 0 N–H and O–H groups in total. The number of fused-ring (bicyclic) bond motifs is 9. The van der Waals surface area contributed by atoms with E-state index in [2.05, 4.69) is 226 Å². The van der Waals surface area contributed by atoms with Crippen LogP contribution in [-0.2, 0) is 0 Å². The Labute approximate surface area is 339 Å². The van der Waals surface area contributed by atoms with Crippen LogP contribution in [0.5, 0.6) is 0 Å². The number of thiophene rings is 1. The lowest BCUT2D eigenvalue weighted by molar-refractivity contribution is 1.17. The molecule has 0 bridgehead atoms. The minimum Gasteiger partial charge on any atom is -0.310 e. The van der Waals surface area contributed by atoms with Gasteiger partial charge in [0.1, 0.15) is 0 Å². The summed E-state index contributed by atoms with van der Waals surface area (Å²) in [6.07, 6.45) is 0. The molecule has 12 rings (SSSR count). The summed E-state index contributed by atoms with van der Waals surface area (Å²) in [5.74, 6) is 0. The third-order valence-electron chi connectivity index (χ3n) is 11.7. The smallest absolute Gasteiger partial charge is 0.0619 e. The topological polar surface area (TPSA) is 13.1 Å². The van der Waals surface area contributed by atoms with Gasteiger partial charge in [0.15, 0.2) is 0 Å². The molecule has 0 spiro atoms. The molecular formula is C54H35N3S. The molecule has 0 aliphatic heterocycles. The highest BCUT2D eigenvalue weighted by molar-refractivity contribution is 7.26. The molecule has 0 aliphatic rings. The molecule has 9 aromatic carbocycles. The number of aromatic nitrogens is 2. The molecular weight excluding hydrogens is 723 g/mol. The van der Waals surface area contributed by atoms with Crippen molar-refractivity contribution in [3.8, 4) is 22.5 Å². The Balaban J connectivity index is 1.04. The maximum Gasteiger partial charge on any atom is 0.0619 e. The second kappa shape index (κ2) is 13.1. The lowest BCUT2D eigenvalue weighted by atomic mass is 10.0. The Morgan fingerprint density at radius 3 is 1.53 bits per heavy atom. The van der Waals surface area contributed by atoms with Gasteiger partial charge in [-0.15, -0.1) is 11.3 Å². The van der Waals surface area contributed by atoms with Gasteiger partial charge in [-0.3, -0.25) is 0 Å². The van der Waals surface area contributed by atoms with Gasteiger partial charge in [-0.25, -0.2) is 0 Å². The third kappa shape index (κ3) is 4.99. The standard InChI is InChI=1S/C54H35N3S/c1-2-14-37(15-3-1)57-49-24-10-6-18-44(49)45-21-12-20-41(54(45)57)36-28-30-38(31-29-36)55(50-25-13-27-52-53(50)46-19-7-11-26-51(46)58-52)39-32-34-40(35-33-39)56-47-22-8-4-16-42(47)43-17-5-9-23-48(43)56/h1-35H. The first-order valence-corrected chi connectivity index (χ1v) is 20.6. The fourth-order valence-electron chi connectivity index (χ4n) is 9.21. The van der Waals surface area contributed by atoms with Gasteiger partial charge in [0.05, 0.1) is 27.8 Å². The first kappa shape index (κ1) is 32.8. The lowest BCUT2D eigenvalue weighted by Crippen LogP contribution is -2.10. The highest BCUT2D eigenvalue weighted by atomic mass is 32.1. The maximum absolute atomic E-state index is 2.43. The summed E-state index contributed by atoms with van der Waals surface area (Å²) in [6.45, 7) is 0. The van der Waals surface area contributed by atoms with Gasteiger partial charge in [0.2, 0.25) is 0 Å². The normalized spacial score (nSPS) is 11.8. The molecule has 3 nitrogen and oxygen atoms in total.